The maximum Gasteiger partial charge on any atom is 0.418 e. The van der Waals surface area contributed by atoms with Crippen molar-refractivity contribution in [2.45, 2.75) is 43.8 Å². The summed E-state index contributed by atoms with van der Waals surface area (Å²) in [6.45, 7) is 1.77. The summed E-state index contributed by atoms with van der Waals surface area (Å²) in [5.74, 6) is -0.445. The summed E-state index contributed by atoms with van der Waals surface area (Å²) in [6, 6.07) is 48.5. The monoisotopic (exact) mass is 1570 g/mol. The minimum atomic E-state index is -4.75. The Labute approximate surface area is 595 Å². The Morgan fingerprint density at radius 1 is 0.283 bits per heavy atom. The van der Waals surface area contributed by atoms with Crippen LogP contribution in [0.25, 0.3) is 0 Å². The van der Waals surface area contributed by atoms with Gasteiger partial charge in [0.2, 0.25) is 0 Å². The summed E-state index contributed by atoms with van der Waals surface area (Å²) in [6.07, 6.45) is -9.48. The molecule has 0 fully saturated rings. The van der Waals surface area contributed by atoms with Crippen LogP contribution in [0.3, 0.4) is 0 Å². The van der Waals surface area contributed by atoms with E-state index in [1.807, 2.05) is 4.72 Å². The molecule has 10 rings (SSSR count). The maximum atomic E-state index is 12.9. The van der Waals surface area contributed by atoms with E-state index in [9.17, 15) is 129 Å². The van der Waals surface area contributed by atoms with E-state index in [1.54, 1.807) is 60.2 Å². The number of anilines is 5. The first kappa shape index (κ1) is 82.1. The van der Waals surface area contributed by atoms with Crippen molar-refractivity contribution in [3.8, 4) is 11.5 Å². The van der Waals surface area contributed by atoms with Gasteiger partial charge in [0.05, 0.1) is 88.7 Å². The van der Waals surface area contributed by atoms with E-state index in [0.717, 1.165) is 127 Å². The molecule has 0 unspecified atom stereocenters. The summed E-state index contributed by atoms with van der Waals surface area (Å²) in [7, 11) is -20.5. The number of rotatable bonds is 20. The van der Waals surface area contributed by atoms with Gasteiger partial charge in [0, 0.05) is 60.7 Å². The molecular weight excluding hydrogens is 1520 g/mol. The van der Waals surface area contributed by atoms with Crippen molar-refractivity contribution in [2.24, 2.45) is 0 Å². The summed E-state index contributed by atoms with van der Waals surface area (Å²) in [4.78, 5) is 48.1. The first-order chi connectivity index (χ1) is 49.4. The Morgan fingerprint density at radius 3 is 0.792 bits per heavy atom. The van der Waals surface area contributed by atoms with Crippen molar-refractivity contribution >= 4 is 107 Å². The molecule has 0 aliphatic heterocycles. The van der Waals surface area contributed by atoms with Crippen LogP contribution in [-0.4, -0.2) is 76.9 Å². The van der Waals surface area contributed by atoms with Crippen LogP contribution in [0.5, 0.6) is 11.5 Å². The van der Waals surface area contributed by atoms with Crippen LogP contribution in [0.15, 0.2) is 267 Å². The van der Waals surface area contributed by atoms with Crippen molar-refractivity contribution in [3.63, 3.8) is 0 Å². The van der Waals surface area contributed by atoms with E-state index < -0.39 is 120 Å². The molecule has 32 nitrogen and oxygen atoms in total. The number of para-hydroxylation sites is 7. The number of alkyl halides is 6. The van der Waals surface area contributed by atoms with Gasteiger partial charge in [-0.3, -0.25) is 74.2 Å². The Hall–Kier alpha value is -12.9. The second-order valence-electron chi connectivity index (χ2n) is 20.7. The second kappa shape index (κ2) is 34.4. The number of aromatic hydroxyl groups is 2. The smallest absolute Gasteiger partial charge is 0.418 e. The lowest BCUT2D eigenvalue weighted by atomic mass is 10.2. The van der Waals surface area contributed by atoms with Gasteiger partial charge in [-0.15, -0.1) is 0 Å². The highest BCUT2D eigenvalue weighted by atomic mass is 32.2. The van der Waals surface area contributed by atoms with Gasteiger partial charge in [0.15, 0.2) is 0 Å². The summed E-state index contributed by atoms with van der Waals surface area (Å²) < 4.78 is 209. The molecule has 10 aromatic rings. The molecule has 106 heavy (non-hydrogen) atoms. The Bertz CT molecular complexity index is 5390. The van der Waals surface area contributed by atoms with Crippen LogP contribution < -0.4 is 23.6 Å². The SMILES string of the molecule is Cc1ccccc1NS(=O)(=O)c1cccc([N+](=O)[O-])c1.O=[N+]([O-])c1ccc(S(=O)(=O)Nc2ccccc2C(F)(F)F)cc1.O=[N+]([O-])c1ccc(S(=O)(=O)Nc2ccccc2O)cc1.O=[N+]([O-])c1cccc(S(=O)(=O)Nc2ccccc2C(F)(F)F)c1.O=[N+]([O-])c1cccc(S(=O)(=O)Nc2ccccc2O)c1. The molecule has 10 aromatic carbocycles. The largest absolute Gasteiger partial charge is 0.506 e. The molecule has 0 saturated heterocycles. The van der Waals surface area contributed by atoms with E-state index in [0.29, 0.717) is 5.69 Å². The van der Waals surface area contributed by atoms with Crippen LogP contribution >= 0.6 is 0 Å². The molecule has 0 saturated carbocycles. The van der Waals surface area contributed by atoms with E-state index >= 15 is 0 Å². The number of sulfonamides is 5. The number of nitrogens with zero attached hydrogens (tertiary/aromatic N) is 5. The van der Waals surface area contributed by atoms with Gasteiger partial charge < -0.3 is 10.2 Å². The second-order valence-corrected chi connectivity index (χ2v) is 29.1. The highest BCUT2D eigenvalue weighted by Crippen LogP contribution is 2.38. The number of non-ortho nitro benzene ring substituents is 5. The van der Waals surface area contributed by atoms with Crippen molar-refractivity contribution in [1.29, 1.82) is 0 Å². The van der Waals surface area contributed by atoms with E-state index in [4.69, 9.17) is 0 Å². The Kier molecular flexibility index (Phi) is 26.6. The highest BCUT2D eigenvalue weighted by Gasteiger charge is 2.36. The normalized spacial score (nSPS) is 11.4. The quantitative estimate of drug-likeness (QED) is 0.0161. The minimum Gasteiger partial charge on any atom is -0.506 e. The molecule has 7 N–H and O–H groups in total. The average Bonchev–Trinajstić information content (AvgIpc) is 0.803. The fourth-order valence-electron chi connectivity index (χ4n) is 8.25. The van der Waals surface area contributed by atoms with E-state index in [-0.39, 0.29) is 65.2 Å². The van der Waals surface area contributed by atoms with E-state index in [1.165, 1.54) is 72.8 Å². The maximum absolute atomic E-state index is 12.9. The van der Waals surface area contributed by atoms with Gasteiger partial charge in [0.25, 0.3) is 78.6 Å². The van der Waals surface area contributed by atoms with Crippen molar-refractivity contribution in [3.05, 3.63) is 310 Å². The number of hydrogen-bond acceptors (Lipinski definition) is 22. The fraction of sp³-hybridized carbons (Fsp3) is 0.0476. The van der Waals surface area contributed by atoms with Gasteiger partial charge in [0.1, 0.15) is 11.5 Å². The van der Waals surface area contributed by atoms with Crippen molar-refractivity contribution in [2.75, 3.05) is 23.6 Å². The number of nitro benzene ring substituents is 5. The molecule has 0 amide bonds. The average molecular weight is 1570 g/mol. The van der Waals surface area contributed by atoms with Crippen LogP contribution in [0.2, 0.25) is 0 Å². The number of nitro groups is 5. The zero-order valence-corrected chi connectivity index (χ0v) is 57.3. The molecule has 0 atom stereocenters. The van der Waals surface area contributed by atoms with Gasteiger partial charge in [-0.1, -0.05) is 84.9 Å². The van der Waals surface area contributed by atoms with E-state index in [2.05, 4.69) is 14.2 Å². The molecule has 0 bridgehead atoms. The number of phenolic OH excluding ortho intramolecular Hbond substituents is 2. The fourth-order valence-corrected chi connectivity index (χ4v) is 13.8. The predicted molar refractivity (Wildman–Crippen MR) is 370 cm³/mol. The van der Waals surface area contributed by atoms with Gasteiger partial charge in [-0.2, -0.15) is 26.3 Å². The van der Waals surface area contributed by atoms with Crippen LogP contribution in [0.1, 0.15) is 16.7 Å². The molecule has 0 aliphatic rings. The van der Waals surface area contributed by atoms with Crippen molar-refractivity contribution < 1.29 is 103 Å². The number of halogens is 6. The number of phenols is 2. The molecule has 43 heteroatoms. The molecule has 0 radical (unpaired) electrons. The lowest BCUT2D eigenvalue weighted by Crippen LogP contribution is -2.17. The van der Waals surface area contributed by atoms with Crippen LogP contribution in [0.4, 0.5) is 83.2 Å². The zero-order chi connectivity index (χ0) is 78.8. The standard InChI is InChI=1S/2C13H9F3N2O4S.C13H12N2O4S.2C12H10N2O5S/c14-13(15,16)11-6-1-2-7-12(11)17-23(21,22)10-5-3-4-9(8-10)18(19)20;14-13(15,16)11-3-1-2-4-12(11)17-23(21,22)10-7-5-9(6-8-10)18(19)20;1-10-5-2-3-8-13(10)14-20(18,19)12-7-4-6-11(9-12)15(16)17;15-12-7-2-1-6-11(12)13-20(18,19)10-5-3-4-9(8-10)14(16)17;15-12-4-2-1-3-11(12)13-20(18,19)10-7-5-9(6-8-10)14(16)17/h2*1-8,17H;2-9,14H,1H3;2*1-8,13,15H. The molecule has 0 spiro atoms. The molecule has 0 aromatic heterocycles. The van der Waals surface area contributed by atoms with Crippen LogP contribution in [-0.2, 0) is 62.5 Å². The lowest BCUT2D eigenvalue weighted by Gasteiger charge is -2.14. The summed E-state index contributed by atoms with van der Waals surface area (Å²) in [5, 5.41) is 72.1. The Morgan fingerprint density at radius 2 is 0.519 bits per heavy atom. The topological polar surface area (TPSA) is 487 Å². The third kappa shape index (κ3) is 23.1. The minimum absolute atomic E-state index is 0.000920. The van der Waals surface area contributed by atoms with Gasteiger partial charge in [-0.05, 0) is 110 Å². The van der Waals surface area contributed by atoms with Gasteiger partial charge >= 0.3 is 12.4 Å². The summed E-state index contributed by atoms with van der Waals surface area (Å²) in [5.41, 5.74) is -3.96. The third-order valence-electron chi connectivity index (χ3n) is 13.4. The third-order valence-corrected chi connectivity index (χ3v) is 20.2. The van der Waals surface area contributed by atoms with Crippen molar-refractivity contribution in [1.82, 2.24) is 0 Å². The van der Waals surface area contributed by atoms with Gasteiger partial charge in [-0.25, -0.2) is 42.1 Å². The van der Waals surface area contributed by atoms with Crippen LogP contribution in [0, 0.1) is 57.5 Å². The molecule has 556 valence electrons. The number of benzene rings is 10. The predicted octanol–water partition coefficient (Wildman–Crippen LogP) is 13.7. The number of nitrogens with one attached hydrogen (secondary N) is 5. The highest BCUT2D eigenvalue weighted by molar-refractivity contribution is 7.94. The zero-order valence-electron chi connectivity index (χ0n) is 53.2. The molecule has 0 heterocycles. The molecule has 0 aliphatic carbocycles. The molecular formula is C63H50F6N10O22S5. The lowest BCUT2D eigenvalue weighted by molar-refractivity contribution is -0.385. The Balaban J connectivity index is 0.000000208. The first-order valence-electron chi connectivity index (χ1n) is 28.7. The number of aryl methyl sites for hydroxylation is 1. The first-order valence-corrected chi connectivity index (χ1v) is 36.1. The summed E-state index contributed by atoms with van der Waals surface area (Å²) >= 11 is 0. The number of hydrogen-bond donors (Lipinski definition) is 7.